The smallest absolute Gasteiger partial charge is 0.313 e. The van der Waals surface area contributed by atoms with Gasteiger partial charge in [0.05, 0.1) is 19.1 Å². The van der Waals surface area contributed by atoms with E-state index in [1.165, 1.54) is 7.11 Å². The summed E-state index contributed by atoms with van der Waals surface area (Å²) in [5.74, 6) is -0.162. The monoisotopic (exact) mass is 144 g/mol. The first-order chi connectivity index (χ1) is 4.69. The molecule has 58 valence electrons. The molecule has 1 saturated heterocycles. The first-order valence-electron chi connectivity index (χ1n) is 3.35. The summed E-state index contributed by atoms with van der Waals surface area (Å²) >= 11 is 0. The quantitative estimate of drug-likeness (QED) is 0.505. The van der Waals surface area contributed by atoms with Crippen LogP contribution in [0.15, 0.2) is 0 Å². The van der Waals surface area contributed by atoms with Gasteiger partial charge in [0.25, 0.3) is 0 Å². The fraction of sp³-hybridized carbons (Fsp3) is 0.857. The third kappa shape index (κ3) is 1.14. The van der Waals surface area contributed by atoms with Crippen LogP contribution in [0, 0.1) is 5.41 Å². The summed E-state index contributed by atoms with van der Waals surface area (Å²) in [6.07, 6.45) is 0.777. The molecule has 0 bridgehead atoms. The molecule has 3 heteroatoms. The molecular formula is C7H12O3. The number of carbonyl (C=O) groups is 1. The Morgan fingerprint density at radius 1 is 1.70 bits per heavy atom. The highest BCUT2D eigenvalue weighted by Crippen LogP contribution is 2.28. The van der Waals surface area contributed by atoms with E-state index in [2.05, 4.69) is 4.74 Å². The average molecular weight is 144 g/mol. The standard InChI is InChI=1S/C7H12O3/c1-7(6(8)9-2)3-4-10-5-7/h3-5H2,1-2H3/t7-/m1/s1. The summed E-state index contributed by atoms with van der Waals surface area (Å²) in [6, 6.07) is 0. The Kier molecular flexibility index (Phi) is 1.94. The number of carbonyl (C=O) groups excluding carboxylic acids is 1. The number of methoxy groups -OCH3 is 1. The van der Waals surface area contributed by atoms with Crippen molar-refractivity contribution < 1.29 is 14.3 Å². The minimum Gasteiger partial charge on any atom is -0.469 e. The number of rotatable bonds is 1. The normalized spacial score (nSPS) is 32.2. The molecule has 0 N–H and O–H groups in total. The van der Waals surface area contributed by atoms with Gasteiger partial charge < -0.3 is 9.47 Å². The highest BCUT2D eigenvalue weighted by atomic mass is 16.5. The van der Waals surface area contributed by atoms with E-state index in [0.717, 1.165) is 6.42 Å². The SMILES string of the molecule is COC(=O)[C@]1(C)CCOC1. The highest BCUT2D eigenvalue weighted by molar-refractivity contribution is 5.76. The zero-order valence-corrected chi connectivity index (χ0v) is 6.35. The molecule has 0 aliphatic carbocycles. The second-order valence-electron chi connectivity index (χ2n) is 2.85. The van der Waals surface area contributed by atoms with E-state index in [0.29, 0.717) is 13.2 Å². The van der Waals surface area contributed by atoms with Crippen molar-refractivity contribution in [3.8, 4) is 0 Å². The van der Waals surface area contributed by atoms with Crippen LogP contribution in [0.3, 0.4) is 0 Å². The maximum Gasteiger partial charge on any atom is 0.313 e. The summed E-state index contributed by atoms with van der Waals surface area (Å²) in [6.45, 7) is 3.04. The van der Waals surface area contributed by atoms with Crippen molar-refractivity contribution in [3.05, 3.63) is 0 Å². The topological polar surface area (TPSA) is 35.5 Å². The van der Waals surface area contributed by atoms with Gasteiger partial charge in [-0.1, -0.05) is 0 Å². The maximum absolute atomic E-state index is 11.0. The van der Waals surface area contributed by atoms with Crippen LogP contribution in [-0.2, 0) is 14.3 Å². The van der Waals surface area contributed by atoms with Crippen LogP contribution in [0.1, 0.15) is 13.3 Å². The molecule has 1 heterocycles. The van der Waals surface area contributed by atoms with Gasteiger partial charge in [0.1, 0.15) is 0 Å². The largest absolute Gasteiger partial charge is 0.469 e. The molecule has 0 unspecified atom stereocenters. The van der Waals surface area contributed by atoms with E-state index in [-0.39, 0.29) is 11.4 Å². The van der Waals surface area contributed by atoms with Gasteiger partial charge in [-0.05, 0) is 13.3 Å². The Hall–Kier alpha value is -0.570. The molecule has 0 aromatic heterocycles. The third-order valence-corrected chi connectivity index (χ3v) is 1.90. The number of hydrogen-bond acceptors (Lipinski definition) is 3. The van der Waals surface area contributed by atoms with Crippen LogP contribution >= 0.6 is 0 Å². The highest BCUT2D eigenvalue weighted by Gasteiger charge is 2.38. The van der Waals surface area contributed by atoms with Crippen LogP contribution in [0.5, 0.6) is 0 Å². The lowest BCUT2D eigenvalue weighted by atomic mass is 9.90. The first kappa shape index (κ1) is 7.54. The second-order valence-corrected chi connectivity index (χ2v) is 2.85. The molecule has 0 spiro atoms. The Morgan fingerprint density at radius 2 is 2.40 bits per heavy atom. The predicted molar refractivity (Wildman–Crippen MR) is 35.6 cm³/mol. The van der Waals surface area contributed by atoms with Crippen molar-refractivity contribution in [2.45, 2.75) is 13.3 Å². The van der Waals surface area contributed by atoms with Gasteiger partial charge in [0, 0.05) is 6.61 Å². The fourth-order valence-electron chi connectivity index (χ4n) is 1.07. The van der Waals surface area contributed by atoms with Gasteiger partial charge in [-0.3, -0.25) is 4.79 Å². The summed E-state index contributed by atoms with van der Waals surface area (Å²) in [7, 11) is 1.41. The van der Waals surface area contributed by atoms with Gasteiger partial charge >= 0.3 is 5.97 Å². The van der Waals surface area contributed by atoms with Gasteiger partial charge in [-0.2, -0.15) is 0 Å². The summed E-state index contributed by atoms with van der Waals surface area (Å²) < 4.78 is 9.70. The minimum absolute atomic E-state index is 0.162. The van der Waals surface area contributed by atoms with Crippen LogP contribution in [0.2, 0.25) is 0 Å². The maximum atomic E-state index is 11.0. The fourth-order valence-corrected chi connectivity index (χ4v) is 1.07. The lowest BCUT2D eigenvalue weighted by molar-refractivity contribution is -0.151. The Morgan fingerprint density at radius 3 is 2.80 bits per heavy atom. The van der Waals surface area contributed by atoms with E-state index >= 15 is 0 Å². The molecule has 3 nitrogen and oxygen atoms in total. The van der Waals surface area contributed by atoms with Crippen molar-refractivity contribution in [2.75, 3.05) is 20.3 Å². The molecule has 1 aliphatic heterocycles. The molecule has 1 rings (SSSR count). The van der Waals surface area contributed by atoms with Gasteiger partial charge in [0.2, 0.25) is 0 Å². The Labute approximate surface area is 60.3 Å². The van der Waals surface area contributed by atoms with Gasteiger partial charge in [-0.25, -0.2) is 0 Å². The number of ether oxygens (including phenoxy) is 2. The first-order valence-corrected chi connectivity index (χ1v) is 3.35. The van der Waals surface area contributed by atoms with Crippen molar-refractivity contribution in [3.63, 3.8) is 0 Å². The molecule has 0 saturated carbocycles. The van der Waals surface area contributed by atoms with Crippen LogP contribution in [0.25, 0.3) is 0 Å². The lowest BCUT2D eigenvalue weighted by Gasteiger charge is -2.16. The van der Waals surface area contributed by atoms with Crippen molar-refractivity contribution in [1.29, 1.82) is 0 Å². The number of hydrogen-bond donors (Lipinski definition) is 0. The predicted octanol–water partition coefficient (Wildman–Crippen LogP) is 0.586. The van der Waals surface area contributed by atoms with Crippen molar-refractivity contribution >= 4 is 5.97 Å². The molecule has 1 aliphatic rings. The van der Waals surface area contributed by atoms with Crippen LogP contribution in [-0.4, -0.2) is 26.3 Å². The van der Waals surface area contributed by atoms with Crippen molar-refractivity contribution in [2.24, 2.45) is 5.41 Å². The average Bonchev–Trinajstić information content (AvgIpc) is 2.36. The molecule has 0 radical (unpaired) electrons. The molecule has 1 atom stereocenters. The van der Waals surface area contributed by atoms with Crippen LogP contribution < -0.4 is 0 Å². The molecule has 10 heavy (non-hydrogen) atoms. The minimum atomic E-state index is -0.380. The van der Waals surface area contributed by atoms with E-state index in [4.69, 9.17) is 4.74 Å². The molecule has 0 amide bonds. The molecule has 0 aromatic rings. The molecule has 0 aromatic carbocycles. The van der Waals surface area contributed by atoms with E-state index < -0.39 is 0 Å². The number of esters is 1. The summed E-state index contributed by atoms with van der Waals surface area (Å²) in [5.41, 5.74) is -0.380. The van der Waals surface area contributed by atoms with Crippen molar-refractivity contribution in [1.82, 2.24) is 0 Å². The van der Waals surface area contributed by atoms with Gasteiger partial charge in [0.15, 0.2) is 0 Å². The van der Waals surface area contributed by atoms with Gasteiger partial charge in [-0.15, -0.1) is 0 Å². The van der Waals surface area contributed by atoms with E-state index in [1.54, 1.807) is 0 Å². The third-order valence-electron chi connectivity index (χ3n) is 1.90. The summed E-state index contributed by atoms with van der Waals surface area (Å²) in [4.78, 5) is 11.0. The van der Waals surface area contributed by atoms with E-state index in [1.807, 2.05) is 6.92 Å². The molecular weight excluding hydrogens is 132 g/mol. The van der Waals surface area contributed by atoms with Crippen LogP contribution in [0.4, 0.5) is 0 Å². The van der Waals surface area contributed by atoms with E-state index in [9.17, 15) is 4.79 Å². The zero-order valence-electron chi connectivity index (χ0n) is 6.35. The second kappa shape index (κ2) is 2.58. The zero-order chi connectivity index (χ0) is 7.61. The lowest BCUT2D eigenvalue weighted by Crippen LogP contribution is -2.29. The Balaban J connectivity index is 2.58. The summed E-state index contributed by atoms with van der Waals surface area (Å²) in [5, 5.41) is 0. The Bertz CT molecular complexity index is 136. The molecule has 1 fully saturated rings.